The number of hydrogen-bond acceptors (Lipinski definition) is 4. The molecule has 0 bridgehead atoms. The Balaban J connectivity index is 1.95. The average Bonchev–Trinajstić information content (AvgIpc) is 2.57. The fraction of sp³-hybridized carbons (Fsp3) is 0.118. The van der Waals surface area contributed by atoms with Crippen molar-refractivity contribution in [1.82, 2.24) is 9.78 Å². The van der Waals surface area contributed by atoms with Crippen LogP contribution in [0.5, 0.6) is 0 Å². The zero-order valence-electron chi connectivity index (χ0n) is 12.0. The molecule has 0 radical (unpaired) electrons. The van der Waals surface area contributed by atoms with E-state index in [1.54, 1.807) is 22.9 Å². The molecule has 0 amide bonds. The number of para-hydroxylation sites is 1. The molecule has 0 unspecified atom stereocenters. The van der Waals surface area contributed by atoms with Crippen LogP contribution in [0.4, 0.5) is 0 Å². The van der Waals surface area contributed by atoms with Crippen LogP contribution in [0.3, 0.4) is 0 Å². The van der Waals surface area contributed by atoms with E-state index in [2.05, 4.69) is 9.84 Å². The molecule has 22 heavy (non-hydrogen) atoms. The first-order chi connectivity index (χ1) is 10.7. The van der Waals surface area contributed by atoms with Crippen molar-refractivity contribution >= 4 is 16.9 Å². The quantitative estimate of drug-likeness (QED) is 0.695. The van der Waals surface area contributed by atoms with Crippen molar-refractivity contribution in [3.63, 3.8) is 0 Å². The Morgan fingerprint density at radius 1 is 1.14 bits per heavy atom. The molecular weight excluding hydrogens is 280 g/mol. The molecule has 0 aliphatic rings. The van der Waals surface area contributed by atoms with Crippen molar-refractivity contribution in [2.24, 2.45) is 0 Å². The van der Waals surface area contributed by atoms with Crippen molar-refractivity contribution in [2.75, 3.05) is 7.11 Å². The van der Waals surface area contributed by atoms with Gasteiger partial charge in [-0.3, -0.25) is 9.48 Å². The molecule has 5 nitrogen and oxygen atoms in total. The summed E-state index contributed by atoms with van der Waals surface area (Å²) in [6, 6.07) is 14.5. The molecule has 0 aliphatic carbocycles. The van der Waals surface area contributed by atoms with E-state index in [0.29, 0.717) is 17.5 Å². The smallest absolute Gasteiger partial charge is 0.337 e. The SMILES string of the molecule is COC(=O)c1ccc(Cn2ncc(=O)c3ccccc32)cc1. The van der Waals surface area contributed by atoms with Gasteiger partial charge in [0.2, 0.25) is 5.43 Å². The molecule has 1 aromatic heterocycles. The van der Waals surface area contributed by atoms with E-state index in [9.17, 15) is 9.59 Å². The molecule has 0 aliphatic heterocycles. The largest absolute Gasteiger partial charge is 0.465 e. The number of aromatic nitrogens is 2. The van der Waals surface area contributed by atoms with Gasteiger partial charge in [-0.05, 0) is 29.8 Å². The lowest BCUT2D eigenvalue weighted by Gasteiger charge is -2.09. The van der Waals surface area contributed by atoms with Crippen LogP contribution in [0.2, 0.25) is 0 Å². The predicted molar refractivity (Wildman–Crippen MR) is 82.9 cm³/mol. The van der Waals surface area contributed by atoms with Gasteiger partial charge in [0.1, 0.15) is 0 Å². The van der Waals surface area contributed by atoms with Gasteiger partial charge in [0.05, 0.1) is 30.9 Å². The molecule has 0 fully saturated rings. The summed E-state index contributed by atoms with van der Waals surface area (Å²) in [4.78, 5) is 23.2. The van der Waals surface area contributed by atoms with Gasteiger partial charge in [0.15, 0.2) is 0 Å². The second-order valence-electron chi connectivity index (χ2n) is 4.87. The summed E-state index contributed by atoms with van der Waals surface area (Å²) >= 11 is 0. The fourth-order valence-electron chi connectivity index (χ4n) is 2.32. The standard InChI is InChI=1S/C17H14N2O3/c1-22-17(21)13-8-6-12(7-9-13)11-19-15-5-3-2-4-14(15)16(20)10-18-19/h2-10H,11H2,1H3. The molecule has 3 aromatic rings. The minimum atomic E-state index is -0.363. The van der Waals surface area contributed by atoms with Crippen LogP contribution in [-0.4, -0.2) is 22.9 Å². The number of fused-ring (bicyclic) bond motifs is 1. The Morgan fingerprint density at radius 2 is 1.86 bits per heavy atom. The van der Waals surface area contributed by atoms with E-state index in [1.807, 2.05) is 30.3 Å². The van der Waals surface area contributed by atoms with Crippen molar-refractivity contribution in [3.05, 3.63) is 76.1 Å². The maximum Gasteiger partial charge on any atom is 0.337 e. The maximum absolute atomic E-state index is 11.8. The molecule has 0 N–H and O–H groups in total. The summed E-state index contributed by atoms with van der Waals surface area (Å²) in [7, 11) is 1.35. The lowest BCUT2D eigenvalue weighted by molar-refractivity contribution is 0.0600. The molecular formula is C17H14N2O3. The zero-order valence-corrected chi connectivity index (χ0v) is 12.0. The van der Waals surface area contributed by atoms with E-state index >= 15 is 0 Å². The van der Waals surface area contributed by atoms with Gasteiger partial charge < -0.3 is 4.74 Å². The van der Waals surface area contributed by atoms with Crippen LogP contribution < -0.4 is 5.43 Å². The minimum Gasteiger partial charge on any atom is -0.465 e. The number of hydrogen-bond donors (Lipinski definition) is 0. The first-order valence-electron chi connectivity index (χ1n) is 6.81. The topological polar surface area (TPSA) is 61.2 Å². The number of esters is 1. The predicted octanol–water partition coefficient (Wildman–Crippen LogP) is 2.23. The minimum absolute atomic E-state index is 0.0899. The second kappa shape index (κ2) is 5.81. The Labute approximate surface area is 126 Å². The summed E-state index contributed by atoms with van der Waals surface area (Å²) in [5, 5.41) is 4.83. The third-order valence-electron chi connectivity index (χ3n) is 3.47. The highest BCUT2D eigenvalue weighted by atomic mass is 16.5. The lowest BCUT2D eigenvalue weighted by atomic mass is 10.1. The van der Waals surface area contributed by atoms with Gasteiger partial charge in [-0.2, -0.15) is 5.10 Å². The van der Waals surface area contributed by atoms with Gasteiger partial charge >= 0.3 is 5.97 Å². The molecule has 3 rings (SSSR count). The number of carbonyl (C=O) groups excluding carboxylic acids is 1. The number of ether oxygens (including phenoxy) is 1. The fourth-order valence-corrected chi connectivity index (χ4v) is 2.32. The number of rotatable bonds is 3. The van der Waals surface area contributed by atoms with Crippen LogP contribution in [0.1, 0.15) is 15.9 Å². The molecule has 110 valence electrons. The van der Waals surface area contributed by atoms with Gasteiger partial charge in [0, 0.05) is 5.39 Å². The number of carbonyl (C=O) groups is 1. The molecule has 2 aromatic carbocycles. The third-order valence-corrected chi connectivity index (χ3v) is 3.47. The van der Waals surface area contributed by atoms with Crippen molar-refractivity contribution in [3.8, 4) is 0 Å². The third kappa shape index (κ3) is 2.61. The van der Waals surface area contributed by atoms with Crippen LogP contribution >= 0.6 is 0 Å². The molecule has 0 saturated carbocycles. The Morgan fingerprint density at radius 3 is 2.59 bits per heavy atom. The highest BCUT2D eigenvalue weighted by Gasteiger charge is 2.06. The normalized spacial score (nSPS) is 10.6. The van der Waals surface area contributed by atoms with E-state index < -0.39 is 0 Å². The summed E-state index contributed by atoms with van der Waals surface area (Å²) in [5.74, 6) is -0.363. The number of nitrogens with zero attached hydrogens (tertiary/aromatic N) is 2. The van der Waals surface area contributed by atoms with E-state index in [0.717, 1.165) is 11.1 Å². The highest BCUT2D eigenvalue weighted by molar-refractivity contribution is 5.89. The Hall–Kier alpha value is -2.95. The number of methoxy groups -OCH3 is 1. The molecule has 0 spiro atoms. The van der Waals surface area contributed by atoms with Gasteiger partial charge in [0.25, 0.3) is 0 Å². The molecule has 0 saturated heterocycles. The van der Waals surface area contributed by atoms with Gasteiger partial charge in [-0.25, -0.2) is 4.79 Å². The molecule has 5 heteroatoms. The summed E-state index contributed by atoms with van der Waals surface area (Å²) in [6.07, 6.45) is 1.32. The summed E-state index contributed by atoms with van der Waals surface area (Å²) in [5.41, 5.74) is 2.18. The van der Waals surface area contributed by atoms with E-state index in [1.165, 1.54) is 13.3 Å². The molecule has 0 atom stereocenters. The first kappa shape index (κ1) is 14.0. The summed E-state index contributed by atoms with van der Waals surface area (Å²) in [6.45, 7) is 0.516. The maximum atomic E-state index is 11.8. The Bertz CT molecular complexity index is 882. The molecule has 1 heterocycles. The Kier molecular flexibility index (Phi) is 3.70. The van der Waals surface area contributed by atoms with E-state index in [4.69, 9.17) is 0 Å². The van der Waals surface area contributed by atoms with Crippen molar-refractivity contribution in [1.29, 1.82) is 0 Å². The van der Waals surface area contributed by atoms with Crippen molar-refractivity contribution < 1.29 is 9.53 Å². The van der Waals surface area contributed by atoms with Crippen LogP contribution in [0.25, 0.3) is 10.9 Å². The zero-order chi connectivity index (χ0) is 15.5. The lowest BCUT2D eigenvalue weighted by Crippen LogP contribution is -2.13. The van der Waals surface area contributed by atoms with Crippen LogP contribution in [0.15, 0.2) is 59.5 Å². The monoisotopic (exact) mass is 294 g/mol. The van der Waals surface area contributed by atoms with Crippen LogP contribution in [-0.2, 0) is 11.3 Å². The van der Waals surface area contributed by atoms with Gasteiger partial charge in [-0.1, -0.05) is 24.3 Å². The summed E-state index contributed by atoms with van der Waals surface area (Å²) < 4.78 is 6.44. The highest BCUT2D eigenvalue weighted by Crippen LogP contribution is 2.12. The average molecular weight is 294 g/mol. The van der Waals surface area contributed by atoms with Gasteiger partial charge in [-0.15, -0.1) is 0 Å². The second-order valence-corrected chi connectivity index (χ2v) is 4.87. The van der Waals surface area contributed by atoms with E-state index in [-0.39, 0.29) is 11.4 Å². The van der Waals surface area contributed by atoms with Crippen molar-refractivity contribution in [2.45, 2.75) is 6.54 Å². The number of benzene rings is 2. The van der Waals surface area contributed by atoms with Crippen LogP contribution in [0, 0.1) is 0 Å². The first-order valence-corrected chi connectivity index (χ1v) is 6.81.